The van der Waals surface area contributed by atoms with Crippen molar-refractivity contribution in [3.63, 3.8) is 0 Å². The number of aryl methyl sites for hydroxylation is 1. The number of benzene rings is 1. The van der Waals surface area contributed by atoms with Crippen LogP contribution in [0.1, 0.15) is 11.1 Å². The fraction of sp³-hybridized carbons (Fsp3) is 0.533. The largest absolute Gasteiger partial charge is 0.392 e. The van der Waals surface area contributed by atoms with Crippen LogP contribution in [0.4, 0.5) is 0 Å². The van der Waals surface area contributed by atoms with Gasteiger partial charge in [0.15, 0.2) is 0 Å². The highest BCUT2D eigenvalue weighted by Gasteiger charge is 2.13. The predicted molar refractivity (Wildman–Crippen MR) is 84.5 cm³/mol. The second kappa shape index (κ2) is 6.07. The van der Waals surface area contributed by atoms with Crippen LogP contribution in [0.15, 0.2) is 18.3 Å². The molecule has 2 rings (SSSR count). The van der Waals surface area contributed by atoms with Gasteiger partial charge >= 0.3 is 0 Å². The molecule has 1 heterocycles. The Balaban J connectivity index is 2.08. The van der Waals surface area contributed by atoms with Gasteiger partial charge in [-0.25, -0.2) is 4.68 Å². The summed E-state index contributed by atoms with van der Waals surface area (Å²) in [6, 6.07) is 5.22. The van der Waals surface area contributed by atoms with Crippen LogP contribution in [0.3, 0.4) is 0 Å². The molecule has 0 bridgehead atoms. The Morgan fingerprint density at radius 1 is 1.30 bits per heavy atom. The molecule has 20 heavy (non-hydrogen) atoms. The van der Waals surface area contributed by atoms with Crippen LogP contribution in [-0.4, -0.2) is 29.6 Å². The first-order valence-electron chi connectivity index (χ1n) is 7.05. The molecule has 2 aromatic rings. The summed E-state index contributed by atoms with van der Waals surface area (Å²) >= 11 is 0. The molecule has 0 radical (unpaired) electrons. The van der Waals surface area contributed by atoms with E-state index in [2.05, 4.69) is 24.7 Å². The molecule has 0 aliphatic rings. The number of nitrogens with zero attached hydrogens (tertiary/aromatic N) is 2. The first-order chi connectivity index (χ1) is 9.42. The van der Waals surface area contributed by atoms with Gasteiger partial charge in [-0.15, -0.1) is 0 Å². The molecule has 4 nitrogen and oxygen atoms in total. The zero-order valence-corrected chi connectivity index (χ0v) is 13.8. The second-order valence-electron chi connectivity index (χ2n) is 6.44. The third-order valence-electron chi connectivity index (χ3n) is 3.54. The number of hydrogen-bond donors (Lipinski definition) is 1. The Kier molecular flexibility index (Phi) is 4.62. The summed E-state index contributed by atoms with van der Waals surface area (Å²) in [6.45, 7) is 10.3. The van der Waals surface area contributed by atoms with Crippen LogP contribution in [0, 0.1) is 6.92 Å². The van der Waals surface area contributed by atoms with Crippen LogP contribution in [0.25, 0.3) is 10.9 Å². The van der Waals surface area contributed by atoms with Gasteiger partial charge in [-0.3, -0.25) is 0 Å². The predicted octanol–water partition coefficient (Wildman–Crippen LogP) is 3.15. The van der Waals surface area contributed by atoms with Crippen LogP contribution in [0.2, 0.25) is 25.7 Å². The number of fused-ring (bicyclic) bond motifs is 1. The van der Waals surface area contributed by atoms with Gasteiger partial charge in [0.25, 0.3) is 0 Å². The van der Waals surface area contributed by atoms with E-state index in [4.69, 9.17) is 4.74 Å². The lowest BCUT2D eigenvalue weighted by Gasteiger charge is -2.15. The molecule has 1 aromatic carbocycles. The van der Waals surface area contributed by atoms with Crippen molar-refractivity contribution in [1.29, 1.82) is 0 Å². The standard InChI is InChI=1S/C15H24N2O2Si/c1-12-5-6-15-13(14(12)10-18)9-16-17(15)11-19-7-8-20(2,3)4/h5-6,9,18H,7-8,10-11H2,1-4H3. The van der Waals surface area contributed by atoms with Crippen molar-refractivity contribution in [2.45, 2.75) is 45.9 Å². The Morgan fingerprint density at radius 3 is 2.70 bits per heavy atom. The van der Waals surface area contributed by atoms with Gasteiger partial charge < -0.3 is 9.84 Å². The summed E-state index contributed by atoms with van der Waals surface area (Å²) in [6.07, 6.45) is 1.82. The summed E-state index contributed by atoms with van der Waals surface area (Å²) in [4.78, 5) is 0. The van der Waals surface area contributed by atoms with Crippen molar-refractivity contribution in [2.75, 3.05) is 6.61 Å². The molecule has 1 N–H and O–H groups in total. The normalized spacial score (nSPS) is 12.2. The van der Waals surface area contributed by atoms with Gasteiger partial charge in [-0.2, -0.15) is 5.10 Å². The number of aromatic nitrogens is 2. The summed E-state index contributed by atoms with van der Waals surface area (Å²) in [7, 11) is -1.04. The Bertz CT molecular complexity index is 587. The summed E-state index contributed by atoms with van der Waals surface area (Å²) in [5, 5.41) is 14.9. The Labute approximate surface area is 121 Å². The summed E-state index contributed by atoms with van der Waals surface area (Å²) < 4.78 is 7.60. The van der Waals surface area contributed by atoms with E-state index in [-0.39, 0.29) is 6.61 Å². The molecule has 1 aromatic heterocycles. The smallest absolute Gasteiger partial charge is 0.139 e. The number of aliphatic hydroxyl groups is 1. The monoisotopic (exact) mass is 292 g/mol. The van der Waals surface area contributed by atoms with E-state index in [9.17, 15) is 5.11 Å². The van der Waals surface area contributed by atoms with Crippen LogP contribution < -0.4 is 0 Å². The maximum atomic E-state index is 9.47. The van der Waals surface area contributed by atoms with Crippen molar-refractivity contribution in [3.8, 4) is 0 Å². The maximum Gasteiger partial charge on any atom is 0.139 e. The SMILES string of the molecule is Cc1ccc2c(cnn2COCC[Si](C)(C)C)c1CO. The van der Waals surface area contributed by atoms with Crippen molar-refractivity contribution in [2.24, 2.45) is 0 Å². The molecule has 0 saturated heterocycles. The Morgan fingerprint density at radius 2 is 2.05 bits per heavy atom. The quantitative estimate of drug-likeness (QED) is 0.657. The average molecular weight is 292 g/mol. The molecule has 0 unspecified atom stereocenters. The molecule has 0 atom stereocenters. The van der Waals surface area contributed by atoms with Gasteiger partial charge in [0.05, 0.1) is 18.3 Å². The molecule has 0 fully saturated rings. The van der Waals surface area contributed by atoms with E-state index in [0.717, 1.165) is 34.7 Å². The van der Waals surface area contributed by atoms with Crippen LogP contribution >= 0.6 is 0 Å². The maximum absolute atomic E-state index is 9.47. The number of ether oxygens (including phenoxy) is 1. The molecular formula is C15H24N2O2Si. The number of rotatable bonds is 6. The highest BCUT2D eigenvalue weighted by atomic mass is 28.3. The number of aliphatic hydroxyl groups excluding tert-OH is 1. The molecule has 0 aliphatic carbocycles. The van der Waals surface area contributed by atoms with Crippen LogP contribution in [0.5, 0.6) is 0 Å². The zero-order valence-electron chi connectivity index (χ0n) is 12.8. The topological polar surface area (TPSA) is 47.3 Å². The minimum absolute atomic E-state index is 0.0470. The van der Waals surface area contributed by atoms with Gasteiger partial charge in [-0.1, -0.05) is 25.7 Å². The van der Waals surface area contributed by atoms with E-state index < -0.39 is 8.07 Å². The molecular weight excluding hydrogens is 268 g/mol. The summed E-state index contributed by atoms with van der Waals surface area (Å²) in [5.74, 6) is 0. The molecule has 0 amide bonds. The lowest BCUT2D eigenvalue weighted by atomic mass is 10.1. The van der Waals surface area contributed by atoms with Gasteiger partial charge in [0.2, 0.25) is 0 Å². The fourth-order valence-electron chi connectivity index (χ4n) is 2.16. The van der Waals surface area contributed by atoms with Crippen molar-refractivity contribution < 1.29 is 9.84 Å². The lowest BCUT2D eigenvalue weighted by molar-refractivity contribution is 0.0817. The van der Waals surface area contributed by atoms with Gasteiger partial charge in [0.1, 0.15) is 6.73 Å². The first-order valence-corrected chi connectivity index (χ1v) is 10.8. The van der Waals surface area contributed by atoms with E-state index >= 15 is 0 Å². The van der Waals surface area contributed by atoms with Gasteiger partial charge in [0, 0.05) is 20.1 Å². The minimum Gasteiger partial charge on any atom is -0.392 e. The molecule has 0 spiro atoms. The highest BCUT2D eigenvalue weighted by molar-refractivity contribution is 6.76. The molecule has 110 valence electrons. The fourth-order valence-corrected chi connectivity index (χ4v) is 2.92. The zero-order chi connectivity index (χ0) is 14.8. The van der Waals surface area contributed by atoms with E-state index in [1.165, 1.54) is 0 Å². The third-order valence-corrected chi connectivity index (χ3v) is 5.24. The van der Waals surface area contributed by atoms with Gasteiger partial charge in [-0.05, 0) is 30.2 Å². The number of hydrogen-bond acceptors (Lipinski definition) is 3. The van der Waals surface area contributed by atoms with Crippen molar-refractivity contribution in [3.05, 3.63) is 29.5 Å². The lowest BCUT2D eigenvalue weighted by Crippen LogP contribution is -2.22. The Hall–Kier alpha value is -1.17. The first kappa shape index (κ1) is 15.2. The molecule has 0 saturated carbocycles. The minimum atomic E-state index is -1.04. The average Bonchev–Trinajstić information content (AvgIpc) is 2.76. The highest BCUT2D eigenvalue weighted by Crippen LogP contribution is 2.22. The molecule has 5 heteroatoms. The van der Waals surface area contributed by atoms with E-state index in [0.29, 0.717) is 6.73 Å². The van der Waals surface area contributed by atoms with E-state index in [1.807, 2.05) is 29.9 Å². The van der Waals surface area contributed by atoms with Crippen molar-refractivity contribution in [1.82, 2.24) is 9.78 Å². The van der Waals surface area contributed by atoms with Crippen molar-refractivity contribution >= 4 is 19.0 Å². The second-order valence-corrected chi connectivity index (χ2v) is 12.1. The van der Waals surface area contributed by atoms with E-state index in [1.54, 1.807) is 0 Å². The molecule has 0 aliphatic heterocycles. The van der Waals surface area contributed by atoms with Crippen LogP contribution in [-0.2, 0) is 18.1 Å². The third kappa shape index (κ3) is 3.48. The summed E-state index contributed by atoms with van der Waals surface area (Å²) in [5.41, 5.74) is 3.07.